The van der Waals surface area contributed by atoms with Crippen LogP contribution < -0.4 is 0 Å². The van der Waals surface area contributed by atoms with Crippen molar-refractivity contribution in [2.24, 2.45) is 0 Å². The first kappa shape index (κ1) is 12.6. The third kappa shape index (κ3) is 2.89. The molecule has 6 nitrogen and oxygen atoms in total. The van der Waals surface area contributed by atoms with Gasteiger partial charge in [0.25, 0.3) is 0 Å². The molecule has 0 aromatic carbocycles. The van der Waals surface area contributed by atoms with Crippen molar-refractivity contribution in [1.82, 2.24) is 19.7 Å². The summed E-state index contributed by atoms with van der Waals surface area (Å²) >= 11 is 0. The number of alkyl halides is 1. The molecule has 96 valence electrons. The number of hydrogen-bond donors (Lipinski definition) is 0. The minimum Gasteiger partial charge on any atom is -0.270 e. The molecule has 0 bridgehead atoms. The van der Waals surface area contributed by atoms with Gasteiger partial charge in [0.15, 0.2) is 5.03 Å². The van der Waals surface area contributed by atoms with Crippen LogP contribution in [0.5, 0.6) is 0 Å². The minimum absolute atomic E-state index is 0.0803. The Hall–Kier alpha value is -1.83. The highest BCUT2D eigenvalue weighted by Gasteiger charge is 2.17. The van der Waals surface area contributed by atoms with E-state index in [9.17, 15) is 12.8 Å². The summed E-state index contributed by atoms with van der Waals surface area (Å²) in [5, 5.41) is 3.78. The third-order valence-electron chi connectivity index (χ3n) is 2.22. The first-order chi connectivity index (χ1) is 8.62. The molecule has 8 heteroatoms. The van der Waals surface area contributed by atoms with Crippen LogP contribution in [-0.4, -0.2) is 34.8 Å². The highest BCUT2D eigenvalue weighted by atomic mass is 32.2. The molecule has 0 N–H and O–H groups in total. The largest absolute Gasteiger partial charge is 0.270 e. The number of halogens is 1. The van der Waals surface area contributed by atoms with Gasteiger partial charge in [0.05, 0.1) is 24.7 Å². The molecule has 0 aliphatic heterocycles. The summed E-state index contributed by atoms with van der Waals surface area (Å²) in [5.41, 5.74) is 0.495. The highest BCUT2D eigenvalue weighted by Crippen LogP contribution is 2.12. The van der Waals surface area contributed by atoms with E-state index >= 15 is 0 Å². The predicted octanol–water partition coefficient (Wildman–Crippen LogP) is 0.617. The molecular formula is C10H11FN4O2S. The number of aromatic nitrogens is 4. The molecule has 0 saturated carbocycles. The van der Waals surface area contributed by atoms with Gasteiger partial charge in [0.2, 0.25) is 9.84 Å². The maximum absolute atomic E-state index is 12.1. The molecule has 0 unspecified atom stereocenters. The van der Waals surface area contributed by atoms with Gasteiger partial charge in [-0.15, -0.1) is 0 Å². The maximum Gasteiger partial charge on any atom is 0.201 e. The molecule has 0 amide bonds. The minimum atomic E-state index is -3.54. The van der Waals surface area contributed by atoms with Crippen LogP contribution in [0.3, 0.4) is 0 Å². The average Bonchev–Trinajstić information content (AvgIpc) is 2.77. The van der Waals surface area contributed by atoms with Gasteiger partial charge in [-0.3, -0.25) is 9.67 Å². The molecule has 2 heterocycles. The standard InChI is InChI=1S/C10H11FN4O2S/c11-1-4-15-7-9(5-14-15)8-18(16,17)10-6-12-2-3-13-10/h2-3,5-7H,1,4,8H2. The van der Waals surface area contributed by atoms with Crippen molar-refractivity contribution in [1.29, 1.82) is 0 Å². The maximum atomic E-state index is 12.1. The van der Waals surface area contributed by atoms with Crippen LogP contribution in [0.25, 0.3) is 0 Å². The van der Waals surface area contributed by atoms with E-state index < -0.39 is 16.5 Å². The van der Waals surface area contributed by atoms with Gasteiger partial charge in [-0.1, -0.05) is 0 Å². The lowest BCUT2D eigenvalue weighted by atomic mass is 10.4. The predicted molar refractivity (Wildman–Crippen MR) is 61.1 cm³/mol. The average molecular weight is 270 g/mol. The first-order valence-corrected chi connectivity index (χ1v) is 6.83. The molecular weight excluding hydrogens is 259 g/mol. The van der Waals surface area contributed by atoms with Gasteiger partial charge in [-0.05, 0) is 0 Å². The zero-order chi connectivity index (χ0) is 13.0. The Bertz CT molecular complexity index is 612. The van der Waals surface area contributed by atoms with E-state index in [1.165, 1.54) is 35.7 Å². The Kier molecular flexibility index (Phi) is 3.66. The van der Waals surface area contributed by atoms with Crippen molar-refractivity contribution in [3.63, 3.8) is 0 Å². The van der Waals surface area contributed by atoms with Gasteiger partial charge < -0.3 is 0 Å². The molecule has 0 saturated heterocycles. The summed E-state index contributed by atoms with van der Waals surface area (Å²) in [4.78, 5) is 7.47. The van der Waals surface area contributed by atoms with Gasteiger partial charge in [0.1, 0.15) is 6.67 Å². The Morgan fingerprint density at radius 2 is 2.11 bits per heavy atom. The molecule has 2 aromatic heterocycles. The monoisotopic (exact) mass is 270 g/mol. The lowest BCUT2D eigenvalue weighted by molar-refractivity contribution is 0.427. The second-order valence-electron chi connectivity index (χ2n) is 3.60. The molecule has 2 rings (SSSR count). The second kappa shape index (κ2) is 5.21. The van der Waals surface area contributed by atoms with Crippen LogP contribution in [0.1, 0.15) is 5.56 Å². The Balaban J connectivity index is 2.17. The van der Waals surface area contributed by atoms with E-state index in [1.54, 1.807) is 0 Å². The lowest BCUT2D eigenvalue weighted by Gasteiger charge is -2.00. The summed E-state index contributed by atoms with van der Waals surface area (Å²) in [6.07, 6.45) is 6.83. The number of sulfone groups is 1. The Morgan fingerprint density at radius 1 is 1.28 bits per heavy atom. The van der Waals surface area contributed by atoms with Crippen LogP contribution >= 0.6 is 0 Å². The molecule has 0 atom stereocenters. The second-order valence-corrected chi connectivity index (χ2v) is 5.54. The van der Waals surface area contributed by atoms with E-state index in [4.69, 9.17) is 0 Å². The summed E-state index contributed by atoms with van der Waals surface area (Å²) in [7, 11) is -3.54. The van der Waals surface area contributed by atoms with Crippen molar-refractivity contribution < 1.29 is 12.8 Å². The third-order valence-corrected chi connectivity index (χ3v) is 3.78. The molecule has 0 fully saturated rings. The highest BCUT2D eigenvalue weighted by molar-refractivity contribution is 7.90. The Morgan fingerprint density at radius 3 is 2.78 bits per heavy atom. The molecule has 0 spiro atoms. The first-order valence-electron chi connectivity index (χ1n) is 5.18. The fourth-order valence-electron chi connectivity index (χ4n) is 1.43. The van der Waals surface area contributed by atoms with Gasteiger partial charge in [0, 0.05) is 24.2 Å². The molecule has 18 heavy (non-hydrogen) atoms. The van der Waals surface area contributed by atoms with Crippen LogP contribution in [0.15, 0.2) is 36.0 Å². The number of nitrogens with zero attached hydrogens (tertiary/aromatic N) is 4. The van der Waals surface area contributed by atoms with Crippen LogP contribution in [0.2, 0.25) is 0 Å². The SMILES string of the molecule is O=S(=O)(Cc1cnn(CCF)c1)c1cnccn1. The fraction of sp³-hybridized carbons (Fsp3) is 0.300. The molecule has 0 radical (unpaired) electrons. The zero-order valence-corrected chi connectivity index (χ0v) is 10.2. The fourth-order valence-corrected chi connectivity index (χ4v) is 2.61. The van der Waals surface area contributed by atoms with Crippen molar-refractivity contribution in [2.45, 2.75) is 17.3 Å². The number of aryl methyl sites for hydroxylation is 1. The molecule has 2 aromatic rings. The van der Waals surface area contributed by atoms with Crippen molar-refractivity contribution in [3.05, 3.63) is 36.5 Å². The van der Waals surface area contributed by atoms with Gasteiger partial charge >= 0.3 is 0 Å². The molecule has 0 aliphatic rings. The number of hydrogen-bond acceptors (Lipinski definition) is 5. The summed E-state index contributed by atoms with van der Waals surface area (Å²) in [5.74, 6) is -0.224. The van der Waals surface area contributed by atoms with Crippen LogP contribution in [-0.2, 0) is 22.1 Å². The van der Waals surface area contributed by atoms with E-state index in [2.05, 4.69) is 15.1 Å². The van der Waals surface area contributed by atoms with Gasteiger partial charge in [-0.2, -0.15) is 5.10 Å². The summed E-state index contributed by atoms with van der Waals surface area (Å²) in [6.45, 7) is -0.427. The number of rotatable bonds is 5. The van der Waals surface area contributed by atoms with E-state index in [-0.39, 0.29) is 17.3 Å². The Labute approximate surface area is 103 Å². The summed E-state index contributed by atoms with van der Waals surface area (Å²) < 4.78 is 37.4. The topological polar surface area (TPSA) is 77.7 Å². The molecule has 0 aliphatic carbocycles. The zero-order valence-electron chi connectivity index (χ0n) is 9.40. The van der Waals surface area contributed by atoms with Crippen LogP contribution in [0.4, 0.5) is 4.39 Å². The van der Waals surface area contributed by atoms with Crippen molar-refractivity contribution in [2.75, 3.05) is 6.67 Å². The smallest absolute Gasteiger partial charge is 0.201 e. The van der Waals surface area contributed by atoms with E-state index in [1.807, 2.05) is 0 Å². The van der Waals surface area contributed by atoms with Crippen molar-refractivity contribution in [3.8, 4) is 0 Å². The summed E-state index contributed by atoms with van der Waals surface area (Å²) in [6, 6.07) is 0. The van der Waals surface area contributed by atoms with E-state index in [0.29, 0.717) is 5.56 Å². The quantitative estimate of drug-likeness (QED) is 0.795. The van der Waals surface area contributed by atoms with Crippen molar-refractivity contribution >= 4 is 9.84 Å². The van der Waals surface area contributed by atoms with E-state index in [0.717, 1.165) is 0 Å². The lowest BCUT2D eigenvalue weighted by Crippen LogP contribution is -2.07. The van der Waals surface area contributed by atoms with Gasteiger partial charge in [-0.25, -0.2) is 17.8 Å². The van der Waals surface area contributed by atoms with Crippen LogP contribution in [0, 0.1) is 0 Å². The normalized spacial score (nSPS) is 11.6.